The summed E-state index contributed by atoms with van der Waals surface area (Å²) in [5.41, 5.74) is 37.1. The van der Waals surface area contributed by atoms with Crippen molar-refractivity contribution in [2.45, 2.75) is 57.8 Å². The molecule has 129 heavy (non-hydrogen) atoms. The van der Waals surface area contributed by atoms with Crippen molar-refractivity contribution in [3.63, 3.8) is 0 Å². The zero-order chi connectivity index (χ0) is 86.1. The Morgan fingerprint density at radius 2 is 0.419 bits per heavy atom. The second kappa shape index (κ2) is 28.9. The summed E-state index contributed by atoms with van der Waals surface area (Å²) in [6.45, 7) is 14.2. The second-order valence-electron chi connectivity index (χ2n) is 36.3. The minimum Gasteiger partial charge on any atom is -0.310 e. The van der Waals surface area contributed by atoms with Crippen molar-refractivity contribution in [3.05, 3.63) is 452 Å². The van der Waals surface area contributed by atoms with E-state index in [1.807, 2.05) is 0 Å². The minimum absolute atomic E-state index is 0.158. The van der Waals surface area contributed by atoms with Crippen LogP contribution >= 0.6 is 0 Å². The van der Waals surface area contributed by atoms with Crippen molar-refractivity contribution < 1.29 is 0 Å². The van der Waals surface area contributed by atoms with Gasteiger partial charge in [-0.25, -0.2) is 15.0 Å². The highest BCUT2D eigenvalue weighted by atomic mass is 15.2. The Labute approximate surface area is 749 Å². The summed E-state index contributed by atoms with van der Waals surface area (Å²) in [5.74, 6) is 1.57. The van der Waals surface area contributed by atoms with E-state index in [4.69, 9.17) is 15.0 Å². The molecule has 0 amide bonds. The first-order valence-corrected chi connectivity index (χ1v) is 44.7. The number of hydrogen-bond donors (Lipinski definition) is 0. The normalized spacial score (nSPS) is 13.5. The van der Waals surface area contributed by atoms with Gasteiger partial charge in [0.1, 0.15) is 0 Å². The maximum Gasteiger partial charge on any atom is 0.164 e. The molecule has 0 aliphatic heterocycles. The smallest absolute Gasteiger partial charge is 0.164 e. The van der Waals surface area contributed by atoms with E-state index in [0.717, 1.165) is 134 Å². The standard InChI is InChI=1S/C120H87N9/c1-118(2)103-49-22-16-43-91(103)94-61-55-88(73-106(94)118)127-109-52-25-19-46-97(109)100-70-85(58-64-112(100)127)124(79-34-10-7-11-35-79)82-40-28-31-76(67-82)115-121-116(77-32-29-41-83(68-77)125(80-36-12-8-13-37-80)86-59-65-113-101(71-86)98-47-20-26-53-110(98)128(113)89-56-62-95-92-44-17-23-50-104(92)119(3,4)107(95)74-89)123-117(122-115)78-33-30-42-84(69-78)126(81-38-14-9-15-39-81)87-60-66-114-102(72-87)99-48-21-27-54-111(99)129(114)90-57-63-96-93-45-18-24-51-105(93)120(5,6)108(96)75-90/h7-75H,1-6H3. The average molecular weight is 1660 g/mol. The van der Waals surface area contributed by atoms with Gasteiger partial charge in [0.15, 0.2) is 17.5 Å². The zero-order valence-corrected chi connectivity index (χ0v) is 72.4. The summed E-state index contributed by atoms with van der Waals surface area (Å²) in [6.07, 6.45) is 0. The number of para-hydroxylation sites is 6. The molecular weight excluding hydrogens is 1570 g/mol. The molecule has 0 atom stereocenters. The van der Waals surface area contributed by atoms with Gasteiger partial charge in [-0.3, -0.25) is 0 Å². The molecular formula is C120H87N9. The fourth-order valence-electron chi connectivity index (χ4n) is 21.8. The average Bonchev–Trinajstić information content (AvgIpc) is 1.57. The first-order chi connectivity index (χ1) is 63.2. The third-order valence-electron chi connectivity index (χ3n) is 28.0. The largest absolute Gasteiger partial charge is 0.310 e. The van der Waals surface area contributed by atoms with E-state index in [9.17, 15) is 0 Å². The molecule has 0 saturated carbocycles. The monoisotopic (exact) mass is 1650 g/mol. The molecule has 0 saturated heterocycles. The molecule has 18 aromatic carbocycles. The molecule has 0 spiro atoms. The Balaban J connectivity index is 0.636. The van der Waals surface area contributed by atoms with Crippen molar-refractivity contribution in [2.24, 2.45) is 0 Å². The highest BCUT2D eigenvalue weighted by Gasteiger charge is 2.39. The van der Waals surface area contributed by atoms with Gasteiger partial charge in [0, 0.05) is 134 Å². The van der Waals surface area contributed by atoms with Crippen LogP contribution in [0.1, 0.15) is 74.9 Å². The molecule has 4 heterocycles. The number of fused-ring (bicyclic) bond motifs is 18. The highest BCUT2D eigenvalue weighted by molar-refractivity contribution is 6.14. The maximum atomic E-state index is 5.68. The molecule has 9 heteroatoms. The van der Waals surface area contributed by atoms with Crippen LogP contribution in [0, 0.1) is 0 Å². The van der Waals surface area contributed by atoms with Gasteiger partial charge in [0.05, 0.1) is 33.1 Å². The zero-order valence-electron chi connectivity index (χ0n) is 72.4. The number of benzene rings is 18. The lowest BCUT2D eigenvalue weighted by Gasteiger charge is -2.26. The molecule has 0 radical (unpaired) electrons. The van der Waals surface area contributed by atoms with Crippen molar-refractivity contribution in [1.82, 2.24) is 28.7 Å². The number of anilines is 9. The third kappa shape index (κ3) is 11.8. The van der Waals surface area contributed by atoms with E-state index in [1.165, 1.54) is 82.9 Å². The van der Waals surface area contributed by atoms with Gasteiger partial charge in [-0.2, -0.15) is 0 Å². The molecule has 25 rings (SSSR count). The maximum absolute atomic E-state index is 5.68. The van der Waals surface area contributed by atoms with E-state index in [0.29, 0.717) is 17.5 Å². The highest BCUT2D eigenvalue weighted by Crippen LogP contribution is 2.55. The fraction of sp³-hybridized carbons (Fsp3) is 0.0750. The Bertz CT molecular complexity index is 7590. The summed E-state index contributed by atoms with van der Waals surface area (Å²) < 4.78 is 7.35. The fourth-order valence-corrected chi connectivity index (χ4v) is 21.8. The lowest BCUT2D eigenvalue weighted by Crippen LogP contribution is -2.15. The molecule has 3 aliphatic carbocycles. The second-order valence-corrected chi connectivity index (χ2v) is 36.3. The van der Waals surface area contributed by atoms with Gasteiger partial charge >= 0.3 is 0 Å². The van der Waals surface area contributed by atoms with E-state index >= 15 is 0 Å². The topological polar surface area (TPSA) is 63.2 Å². The molecule has 0 N–H and O–H groups in total. The van der Waals surface area contributed by atoms with Gasteiger partial charge in [0.25, 0.3) is 0 Å². The molecule has 612 valence electrons. The number of aromatic nitrogens is 6. The molecule has 4 aromatic heterocycles. The van der Waals surface area contributed by atoms with Gasteiger partial charge < -0.3 is 28.4 Å². The number of nitrogens with zero attached hydrogens (tertiary/aromatic N) is 9. The summed E-state index contributed by atoms with van der Waals surface area (Å²) in [4.78, 5) is 24.1. The van der Waals surface area contributed by atoms with Gasteiger partial charge in [-0.1, -0.05) is 278 Å². The van der Waals surface area contributed by atoms with Crippen LogP contribution in [0.4, 0.5) is 51.2 Å². The lowest BCUT2D eigenvalue weighted by atomic mass is 9.82. The summed E-state index contributed by atoms with van der Waals surface area (Å²) in [6, 6.07) is 153. The predicted molar refractivity (Wildman–Crippen MR) is 536 cm³/mol. The molecule has 3 aliphatic rings. The van der Waals surface area contributed by atoms with Gasteiger partial charge in [-0.15, -0.1) is 0 Å². The SMILES string of the molecule is CC1(C)c2ccccc2-c2ccc(-n3c4ccccc4c4cc(N(c5ccccc5)c5cccc(-c6nc(-c7cccc(N(c8ccccc8)c8ccc9c(c8)c8ccccc8n9-c8ccc9c(c8)C(C)(C)c8ccccc8-9)c7)nc(-c7cccc(N(c8ccccc8)c8ccc9c(c8)c8ccccc8n9-c8ccc9c(c8)C(C)(C)c8ccccc8-9)c7)n6)c5)ccc43)cc21. The van der Waals surface area contributed by atoms with Crippen molar-refractivity contribution in [2.75, 3.05) is 14.7 Å². The first-order valence-electron chi connectivity index (χ1n) is 44.7. The van der Waals surface area contributed by atoms with Crippen molar-refractivity contribution in [1.29, 1.82) is 0 Å². The van der Waals surface area contributed by atoms with Crippen LogP contribution in [0.5, 0.6) is 0 Å². The van der Waals surface area contributed by atoms with E-state index in [1.54, 1.807) is 0 Å². The van der Waals surface area contributed by atoms with E-state index < -0.39 is 0 Å². The molecule has 0 unspecified atom stereocenters. The summed E-state index contributed by atoms with van der Waals surface area (Å²) in [5, 5.41) is 6.99. The lowest BCUT2D eigenvalue weighted by molar-refractivity contribution is 0.660. The number of hydrogen-bond acceptors (Lipinski definition) is 6. The van der Waals surface area contributed by atoms with Crippen LogP contribution in [0.2, 0.25) is 0 Å². The van der Waals surface area contributed by atoms with Crippen LogP contribution in [0.3, 0.4) is 0 Å². The predicted octanol–water partition coefficient (Wildman–Crippen LogP) is 31.5. The van der Waals surface area contributed by atoms with Crippen LogP contribution in [0.15, 0.2) is 419 Å². The molecule has 0 fully saturated rings. The van der Waals surface area contributed by atoms with Crippen LogP contribution in [0.25, 0.3) is 150 Å². The molecule has 0 bridgehead atoms. The van der Waals surface area contributed by atoms with Crippen LogP contribution in [-0.2, 0) is 16.2 Å². The quantitative estimate of drug-likeness (QED) is 0.102. The van der Waals surface area contributed by atoms with E-state index in [2.05, 4.69) is 489 Å². The molecule has 22 aromatic rings. The van der Waals surface area contributed by atoms with Crippen molar-refractivity contribution in [3.8, 4) is 84.6 Å². The van der Waals surface area contributed by atoms with Gasteiger partial charge in [0.2, 0.25) is 0 Å². The Kier molecular flexibility index (Phi) is 16.9. The Morgan fingerprint density at radius 3 is 0.721 bits per heavy atom. The Morgan fingerprint density at radius 1 is 0.178 bits per heavy atom. The summed E-state index contributed by atoms with van der Waals surface area (Å²) >= 11 is 0. The first kappa shape index (κ1) is 75.3. The van der Waals surface area contributed by atoms with E-state index in [-0.39, 0.29) is 16.2 Å². The Hall–Kier alpha value is -16.2. The van der Waals surface area contributed by atoms with Crippen molar-refractivity contribution >= 4 is 117 Å². The van der Waals surface area contributed by atoms with Gasteiger partial charge in [-0.05, 0) is 249 Å². The minimum atomic E-state index is -0.158. The number of rotatable bonds is 15. The summed E-state index contributed by atoms with van der Waals surface area (Å²) in [7, 11) is 0. The third-order valence-corrected chi connectivity index (χ3v) is 28.0. The van der Waals surface area contributed by atoms with Crippen LogP contribution < -0.4 is 14.7 Å². The van der Waals surface area contributed by atoms with Crippen LogP contribution in [-0.4, -0.2) is 28.7 Å². The molecule has 9 nitrogen and oxygen atoms in total.